The van der Waals surface area contributed by atoms with Crippen LogP contribution in [0.1, 0.15) is 58.8 Å². The summed E-state index contributed by atoms with van der Waals surface area (Å²) in [6.45, 7) is 5.59. The molecular weight excluding hydrogens is 419 g/mol. The molecule has 2 fully saturated rings. The van der Waals surface area contributed by atoms with Crippen LogP contribution in [0.5, 0.6) is 0 Å². The molecule has 1 aliphatic heterocycles. The second-order valence-corrected chi connectivity index (χ2v) is 7.37. The maximum Gasteiger partial charge on any atom is 0.229 e. The van der Waals surface area contributed by atoms with Crippen LogP contribution in [0, 0.1) is 5.41 Å². The molecule has 0 bridgehead atoms. The van der Waals surface area contributed by atoms with Gasteiger partial charge in [0.25, 0.3) is 0 Å². The third kappa shape index (κ3) is 6.22. The van der Waals surface area contributed by atoms with Gasteiger partial charge in [0, 0.05) is 39.0 Å². The van der Waals surface area contributed by atoms with Gasteiger partial charge in [-0.25, -0.2) is 0 Å². The van der Waals surface area contributed by atoms with E-state index >= 15 is 0 Å². The van der Waals surface area contributed by atoms with Crippen LogP contribution in [0.2, 0.25) is 0 Å². The van der Waals surface area contributed by atoms with Gasteiger partial charge in [0.2, 0.25) is 11.8 Å². The van der Waals surface area contributed by atoms with Gasteiger partial charge < -0.3 is 10.6 Å². The molecule has 1 saturated heterocycles. The Hall–Kier alpha value is -0.860. The lowest BCUT2D eigenvalue weighted by Crippen LogP contribution is -2.49. The molecule has 0 aromatic heterocycles. The zero-order valence-electron chi connectivity index (χ0n) is 15.1. The van der Waals surface area contributed by atoms with Crippen LogP contribution >= 0.6 is 24.0 Å². The number of imide groups is 1. The first-order valence-electron chi connectivity index (χ1n) is 8.72. The highest BCUT2D eigenvalue weighted by molar-refractivity contribution is 14.0. The summed E-state index contributed by atoms with van der Waals surface area (Å²) in [6, 6.07) is 0.451. The van der Waals surface area contributed by atoms with Crippen molar-refractivity contribution < 1.29 is 9.59 Å². The van der Waals surface area contributed by atoms with E-state index in [1.54, 1.807) is 7.05 Å². The highest BCUT2D eigenvalue weighted by Gasteiger charge is 2.27. The second kappa shape index (κ2) is 9.58. The van der Waals surface area contributed by atoms with Gasteiger partial charge in [-0.05, 0) is 37.5 Å². The number of nitrogens with zero attached hydrogens (tertiary/aromatic N) is 2. The number of hydrogen-bond donors (Lipinski definition) is 2. The number of aliphatic imine (C=N–C) groups is 1. The highest BCUT2D eigenvalue weighted by atomic mass is 127. The van der Waals surface area contributed by atoms with Crippen molar-refractivity contribution in [3.63, 3.8) is 0 Å². The van der Waals surface area contributed by atoms with Gasteiger partial charge in [0.15, 0.2) is 5.96 Å². The largest absolute Gasteiger partial charge is 0.355 e. The number of carbonyl (C=O) groups excluding carboxylic acids is 2. The Labute approximate surface area is 162 Å². The summed E-state index contributed by atoms with van der Waals surface area (Å²) < 4.78 is 0. The Morgan fingerprint density at radius 2 is 1.79 bits per heavy atom. The minimum atomic E-state index is -0.0551. The van der Waals surface area contributed by atoms with E-state index < -0.39 is 0 Å². The Balaban J connectivity index is 0.00000288. The second-order valence-electron chi connectivity index (χ2n) is 7.37. The molecular formula is C17H31IN4O2. The third-order valence-electron chi connectivity index (χ3n) is 4.91. The summed E-state index contributed by atoms with van der Waals surface area (Å²) >= 11 is 0. The molecule has 0 aromatic rings. The van der Waals surface area contributed by atoms with Gasteiger partial charge in [-0.15, -0.1) is 24.0 Å². The number of likely N-dealkylation sites (tertiary alicyclic amines) is 1. The van der Waals surface area contributed by atoms with Gasteiger partial charge >= 0.3 is 0 Å². The van der Waals surface area contributed by atoms with E-state index in [0.717, 1.165) is 18.8 Å². The van der Waals surface area contributed by atoms with Gasteiger partial charge in [0.05, 0.1) is 0 Å². The Bertz CT molecular complexity index is 453. The van der Waals surface area contributed by atoms with E-state index in [1.807, 2.05) is 0 Å². The number of rotatable bonds is 4. The Morgan fingerprint density at radius 1 is 1.21 bits per heavy atom. The van der Waals surface area contributed by atoms with Crippen LogP contribution in [-0.4, -0.2) is 48.9 Å². The molecule has 0 atom stereocenters. The van der Waals surface area contributed by atoms with Crippen LogP contribution in [0.4, 0.5) is 0 Å². The van der Waals surface area contributed by atoms with E-state index in [0.29, 0.717) is 43.8 Å². The lowest BCUT2D eigenvalue weighted by molar-refractivity contribution is -0.147. The maximum atomic E-state index is 11.8. The normalized spacial score (nSPS) is 22.1. The van der Waals surface area contributed by atoms with E-state index in [9.17, 15) is 9.59 Å². The molecule has 2 rings (SSSR count). The molecule has 0 radical (unpaired) electrons. The minimum Gasteiger partial charge on any atom is -0.355 e. The molecule has 1 heterocycles. The Morgan fingerprint density at radius 3 is 2.33 bits per heavy atom. The number of piperidine rings is 1. The summed E-state index contributed by atoms with van der Waals surface area (Å²) in [5, 5.41) is 6.67. The van der Waals surface area contributed by atoms with E-state index in [2.05, 4.69) is 29.5 Å². The van der Waals surface area contributed by atoms with Gasteiger partial charge in [-0.2, -0.15) is 0 Å². The van der Waals surface area contributed by atoms with Crippen molar-refractivity contribution in [2.24, 2.45) is 10.4 Å². The number of nitrogens with one attached hydrogen (secondary N) is 2. The number of carbonyl (C=O) groups is 2. The van der Waals surface area contributed by atoms with Crippen LogP contribution in [0.25, 0.3) is 0 Å². The van der Waals surface area contributed by atoms with E-state index in [-0.39, 0.29) is 35.8 Å². The average molecular weight is 450 g/mol. The number of hydrogen-bond acceptors (Lipinski definition) is 3. The van der Waals surface area contributed by atoms with Crippen LogP contribution in [0.15, 0.2) is 4.99 Å². The summed E-state index contributed by atoms with van der Waals surface area (Å²) in [5.74, 6) is 0.646. The summed E-state index contributed by atoms with van der Waals surface area (Å²) in [6.07, 6.45) is 6.39. The fraction of sp³-hybridized carbons (Fsp3) is 0.824. The van der Waals surface area contributed by atoms with Gasteiger partial charge in [-0.1, -0.05) is 13.8 Å². The number of amides is 2. The highest BCUT2D eigenvalue weighted by Crippen LogP contribution is 2.34. The van der Waals surface area contributed by atoms with Crippen LogP contribution in [0.3, 0.4) is 0 Å². The van der Waals surface area contributed by atoms with E-state index in [1.165, 1.54) is 17.7 Å². The monoisotopic (exact) mass is 450 g/mol. The van der Waals surface area contributed by atoms with Crippen LogP contribution < -0.4 is 10.6 Å². The fourth-order valence-corrected chi connectivity index (χ4v) is 3.27. The number of guanidine groups is 1. The predicted octanol–water partition coefficient (Wildman–Crippen LogP) is 2.28. The topological polar surface area (TPSA) is 73.8 Å². The molecule has 1 aliphatic carbocycles. The first kappa shape index (κ1) is 21.2. The molecule has 2 aliphatic rings. The van der Waals surface area contributed by atoms with Crippen LogP contribution in [-0.2, 0) is 9.59 Å². The molecule has 0 unspecified atom stereocenters. The standard InChI is InChI=1S/C17H30N4O2.HI/c1-17(2)9-7-13(8-10-17)20-16(18-3)19-11-12-21-14(22)5-4-6-15(21)23;/h13H,4-12H2,1-3H3,(H2,18,19,20);1H. The predicted molar refractivity (Wildman–Crippen MR) is 107 cm³/mol. The van der Waals surface area contributed by atoms with Crippen molar-refractivity contribution in [2.45, 2.75) is 64.8 Å². The van der Waals surface area contributed by atoms with Gasteiger partial charge in [-0.3, -0.25) is 19.5 Å². The maximum absolute atomic E-state index is 11.8. The molecule has 7 heteroatoms. The van der Waals surface area contributed by atoms with Crippen molar-refractivity contribution in [3.05, 3.63) is 0 Å². The number of halogens is 1. The van der Waals surface area contributed by atoms with Gasteiger partial charge in [0.1, 0.15) is 0 Å². The summed E-state index contributed by atoms with van der Waals surface area (Å²) in [4.78, 5) is 29.1. The molecule has 138 valence electrons. The minimum absolute atomic E-state index is 0. The summed E-state index contributed by atoms with van der Waals surface area (Å²) in [5.41, 5.74) is 0.449. The zero-order valence-corrected chi connectivity index (χ0v) is 17.4. The molecule has 0 spiro atoms. The third-order valence-corrected chi connectivity index (χ3v) is 4.91. The van der Waals surface area contributed by atoms with Crippen molar-refractivity contribution in [2.75, 3.05) is 20.1 Å². The molecule has 1 saturated carbocycles. The smallest absolute Gasteiger partial charge is 0.229 e. The quantitative estimate of drug-likeness (QED) is 0.298. The fourth-order valence-electron chi connectivity index (χ4n) is 3.27. The molecule has 2 amide bonds. The van der Waals surface area contributed by atoms with Crippen molar-refractivity contribution in [1.82, 2.24) is 15.5 Å². The molecule has 2 N–H and O–H groups in total. The summed E-state index contributed by atoms with van der Waals surface area (Å²) in [7, 11) is 1.75. The molecule has 0 aromatic carbocycles. The molecule has 6 nitrogen and oxygen atoms in total. The SMILES string of the molecule is CN=C(NCCN1C(=O)CCCC1=O)NC1CCC(C)(C)CC1.I. The lowest BCUT2D eigenvalue weighted by Gasteiger charge is -2.35. The van der Waals surface area contributed by atoms with Crippen molar-refractivity contribution in [3.8, 4) is 0 Å². The first-order valence-corrected chi connectivity index (χ1v) is 8.72. The zero-order chi connectivity index (χ0) is 16.9. The lowest BCUT2D eigenvalue weighted by atomic mass is 9.75. The molecule has 24 heavy (non-hydrogen) atoms. The Kier molecular flexibility index (Phi) is 8.45. The van der Waals surface area contributed by atoms with Crippen molar-refractivity contribution in [1.29, 1.82) is 0 Å². The van der Waals surface area contributed by atoms with Crippen molar-refractivity contribution >= 4 is 41.8 Å². The first-order chi connectivity index (χ1) is 10.9. The average Bonchev–Trinajstić information content (AvgIpc) is 2.50. The van der Waals surface area contributed by atoms with E-state index in [4.69, 9.17) is 0 Å².